The van der Waals surface area contributed by atoms with Crippen LogP contribution in [0.3, 0.4) is 0 Å². The van der Waals surface area contributed by atoms with Gasteiger partial charge in [0, 0.05) is 39.3 Å². The van der Waals surface area contributed by atoms with Crippen LogP contribution in [-0.2, 0) is 43.3 Å². The van der Waals surface area contributed by atoms with Crippen LogP contribution in [0.5, 0.6) is 0 Å². The van der Waals surface area contributed by atoms with Crippen LogP contribution in [0, 0.1) is 13.8 Å². The molecule has 0 unspecified atom stereocenters. The van der Waals surface area contributed by atoms with Crippen molar-refractivity contribution in [2.45, 2.75) is 220 Å². The van der Waals surface area contributed by atoms with Crippen molar-refractivity contribution >= 4 is 57.4 Å². The van der Waals surface area contributed by atoms with E-state index < -0.39 is 0 Å². The largest absolute Gasteiger partial charge is 0.472 e. The Morgan fingerprint density at radius 3 is 1.61 bits per heavy atom. The summed E-state index contributed by atoms with van der Waals surface area (Å²) < 4.78 is 7.82. The Kier molecular flexibility index (Phi) is 10.5. The van der Waals surface area contributed by atoms with Gasteiger partial charge in [0.25, 0.3) is 6.71 Å². The van der Waals surface area contributed by atoms with Gasteiger partial charge in [0.2, 0.25) is 0 Å². The third-order valence-corrected chi connectivity index (χ3v) is 19.2. The normalized spacial score (nSPS) is 20.5. The van der Waals surface area contributed by atoms with Crippen molar-refractivity contribution < 1.29 is 4.42 Å². The van der Waals surface area contributed by atoms with Crippen molar-refractivity contribution in [1.29, 1.82) is 0 Å². The van der Waals surface area contributed by atoms with E-state index in [0.717, 1.165) is 31.3 Å². The molecule has 0 saturated carbocycles. The lowest BCUT2D eigenvalue weighted by Crippen LogP contribution is -2.62. The third-order valence-electron chi connectivity index (χ3n) is 19.2. The molecule has 0 fully saturated rings. The fourth-order valence-electron chi connectivity index (χ4n) is 14.2. The van der Waals surface area contributed by atoms with Crippen LogP contribution in [0.15, 0.2) is 83.3 Å². The second-order valence-corrected chi connectivity index (χ2v) is 29.6. The number of hydrogen-bond donors (Lipinski definition) is 0. The summed E-state index contributed by atoms with van der Waals surface area (Å²) in [5, 5.41) is 0. The van der Waals surface area contributed by atoms with Crippen molar-refractivity contribution in [2.24, 2.45) is 0 Å². The minimum Gasteiger partial charge on any atom is -0.472 e. The first-order valence-electron chi connectivity index (χ1n) is 27.8. The molecule has 0 spiro atoms. The third kappa shape index (κ3) is 7.23. The highest BCUT2D eigenvalue weighted by atomic mass is 16.3. The second kappa shape index (κ2) is 15.3. The summed E-state index contributed by atoms with van der Waals surface area (Å²) in [6.45, 7) is 48.5. The predicted octanol–water partition coefficient (Wildman–Crippen LogP) is 17.3. The van der Waals surface area contributed by atoms with Gasteiger partial charge in [-0.1, -0.05) is 173 Å². The first-order valence-corrected chi connectivity index (χ1v) is 27.8. The summed E-state index contributed by atoms with van der Waals surface area (Å²) in [5.41, 5.74) is 26.7. The minimum absolute atomic E-state index is 0.0139. The number of benzene rings is 5. The Bertz CT molecular complexity index is 3240. The zero-order valence-electron chi connectivity index (χ0n) is 48.1. The van der Waals surface area contributed by atoms with Crippen molar-refractivity contribution in [1.82, 2.24) is 0 Å². The van der Waals surface area contributed by atoms with E-state index in [0.29, 0.717) is 0 Å². The molecule has 0 N–H and O–H groups in total. The van der Waals surface area contributed by atoms with Gasteiger partial charge in [-0.25, -0.2) is 0 Å². The number of nitrogens with zero attached hydrogens (tertiary/aromatic N) is 2. The second-order valence-electron chi connectivity index (χ2n) is 29.6. The van der Waals surface area contributed by atoms with Crippen molar-refractivity contribution in [3.63, 3.8) is 0 Å². The molecule has 0 atom stereocenters. The van der Waals surface area contributed by atoms with E-state index in [4.69, 9.17) is 4.42 Å². The van der Waals surface area contributed by atoms with E-state index in [1.54, 1.807) is 0 Å². The zero-order valence-corrected chi connectivity index (χ0v) is 48.1. The molecular weight excluding hydrogens is 872 g/mol. The molecule has 5 aromatic carbocycles. The van der Waals surface area contributed by atoms with Crippen LogP contribution in [0.4, 0.5) is 34.1 Å². The lowest BCUT2D eigenvalue weighted by atomic mass is 9.34. The maximum absolute atomic E-state index is 7.82. The van der Waals surface area contributed by atoms with E-state index in [-0.39, 0.29) is 50.0 Å². The minimum atomic E-state index is -0.111. The molecule has 6 aromatic rings. The average molecular weight is 957 g/mol. The number of rotatable bonds is 3. The highest BCUT2D eigenvalue weighted by Gasteiger charge is 2.54. The first-order chi connectivity index (χ1) is 33.3. The van der Waals surface area contributed by atoms with E-state index in [9.17, 15) is 0 Å². The van der Waals surface area contributed by atoms with Gasteiger partial charge in [0.1, 0.15) is 5.76 Å². The van der Waals surface area contributed by atoms with E-state index in [1.807, 2.05) is 0 Å². The van der Waals surface area contributed by atoms with Crippen LogP contribution in [0.25, 0.3) is 11.1 Å². The van der Waals surface area contributed by atoms with E-state index >= 15 is 0 Å². The molecule has 3 nitrogen and oxygen atoms in total. The first kappa shape index (κ1) is 49.3. The summed E-state index contributed by atoms with van der Waals surface area (Å²) in [6.07, 6.45) is 6.86. The van der Waals surface area contributed by atoms with Gasteiger partial charge in [-0.05, 0) is 182 Å². The molecule has 11 rings (SSSR count). The molecule has 72 heavy (non-hydrogen) atoms. The highest BCUT2D eigenvalue weighted by molar-refractivity contribution is 6.99. The summed E-state index contributed by atoms with van der Waals surface area (Å²) in [5.74, 6) is 1.17. The number of hydrogen-bond acceptors (Lipinski definition) is 3. The van der Waals surface area contributed by atoms with Crippen LogP contribution in [-0.4, -0.2) is 6.71 Å². The smallest absolute Gasteiger partial charge is 0.297 e. The summed E-state index contributed by atoms with van der Waals surface area (Å²) in [7, 11) is 0. The average Bonchev–Trinajstić information content (AvgIpc) is 3.70. The van der Waals surface area contributed by atoms with Gasteiger partial charge >= 0.3 is 0 Å². The summed E-state index contributed by atoms with van der Waals surface area (Å²) in [6, 6.07) is 32.4. The fraction of sp³-hybridized carbons (Fsp3) is 0.500. The topological polar surface area (TPSA) is 19.6 Å². The van der Waals surface area contributed by atoms with E-state index in [1.165, 1.54) is 125 Å². The molecule has 1 aromatic heterocycles. The SMILES string of the molecule is Cc1cc2c3c(c1)N(c1c(C)cc(C(C)(C)C)cc1-c1ccc4c(c1)C(C)(C)CCC4(C)C)c1c(ccc4c1C(C)(C)CCC4(C)C)B3c1oc3c(c1N2c1ccc(C(C)(C)C)cc1)C(C)(C)CCC3(C)C. The van der Waals surface area contributed by atoms with Gasteiger partial charge in [-0.15, -0.1) is 0 Å². The molecule has 376 valence electrons. The molecule has 2 aliphatic heterocycles. The Balaban J connectivity index is 1.30. The van der Waals surface area contributed by atoms with Gasteiger partial charge in [0.05, 0.1) is 17.0 Å². The van der Waals surface area contributed by atoms with Crippen LogP contribution >= 0.6 is 0 Å². The van der Waals surface area contributed by atoms with Crippen molar-refractivity contribution in [3.05, 3.63) is 135 Å². The van der Waals surface area contributed by atoms with Crippen LogP contribution in [0.1, 0.15) is 219 Å². The molecule has 3 aliphatic carbocycles. The lowest BCUT2D eigenvalue weighted by molar-refractivity contribution is 0.282. The Labute approximate surface area is 435 Å². The van der Waals surface area contributed by atoms with Crippen LogP contribution < -0.4 is 26.4 Å². The van der Waals surface area contributed by atoms with Gasteiger partial charge in [-0.2, -0.15) is 0 Å². The Hall–Kier alpha value is -4.96. The van der Waals surface area contributed by atoms with Gasteiger partial charge < -0.3 is 14.2 Å². The van der Waals surface area contributed by atoms with Crippen molar-refractivity contribution in [3.8, 4) is 11.1 Å². The number of furan rings is 1. The molecule has 5 aliphatic rings. The number of fused-ring (bicyclic) bond motifs is 9. The molecular formula is C68H85BN2O. The van der Waals surface area contributed by atoms with E-state index in [2.05, 4.69) is 227 Å². The molecule has 0 bridgehead atoms. The van der Waals surface area contributed by atoms with Gasteiger partial charge in [0.15, 0.2) is 0 Å². The summed E-state index contributed by atoms with van der Waals surface area (Å²) >= 11 is 0. The fourth-order valence-corrected chi connectivity index (χ4v) is 14.2. The Morgan fingerprint density at radius 2 is 1.00 bits per heavy atom. The zero-order chi connectivity index (χ0) is 52.0. The molecule has 0 amide bonds. The summed E-state index contributed by atoms with van der Waals surface area (Å²) in [4.78, 5) is 5.46. The predicted molar refractivity (Wildman–Crippen MR) is 311 cm³/mol. The maximum Gasteiger partial charge on any atom is 0.297 e. The molecule has 0 radical (unpaired) electrons. The quantitative estimate of drug-likeness (QED) is 0.165. The van der Waals surface area contributed by atoms with Crippen molar-refractivity contribution in [2.75, 3.05) is 9.80 Å². The van der Waals surface area contributed by atoms with Crippen LogP contribution in [0.2, 0.25) is 0 Å². The Morgan fingerprint density at radius 1 is 0.472 bits per heavy atom. The maximum atomic E-state index is 7.82. The molecule has 0 saturated heterocycles. The number of aryl methyl sites for hydroxylation is 2. The monoisotopic (exact) mass is 957 g/mol. The van der Waals surface area contributed by atoms with Gasteiger partial charge in [-0.3, -0.25) is 0 Å². The number of anilines is 6. The molecule has 4 heteroatoms. The standard InChI is InChI=1S/C68H85BN2O/c1-40-35-51-55-52(36-40)71(56-41(2)37-44(62(6,7)8)39-46(56)42-21-26-47-49(38-42)65(13,14)30-29-63(47,9)10)57-50(28-27-48-53(57)66(15,16)32-31-64(48,11)12)69(55)60-58(54-59(72-60)68(19,20)34-33-67(54,17)18)70(51)45-24-22-43(23-25-45)61(3,4)5/h21-28,35-39H,29-34H2,1-20H3. The lowest BCUT2D eigenvalue weighted by Gasteiger charge is -2.49. The molecule has 3 heterocycles. The highest BCUT2D eigenvalue weighted by Crippen LogP contribution is 2.59.